The smallest absolute Gasteiger partial charge is 0.191 e. The Bertz CT molecular complexity index is 399. The molecule has 0 aliphatic carbocycles. The molecule has 2 N–H and O–H groups in total. The first-order valence-electron chi connectivity index (χ1n) is 7.93. The predicted molar refractivity (Wildman–Crippen MR) is 91.9 cm³/mol. The number of nitrogens with zero attached hydrogens (tertiary/aromatic N) is 2. The molecule has 21 heavy (non-hydrogen) atoms. The lowest BCUT2D eigenvalue weighted by Gasteiger charge is -2.27. The number of likely N-dealkylation sites (N-methyl/N-ethyl adjacent to an activating group) is 1. The van der Waals surface area contributed by atoms with Crippen LogP contribution in [0.3, 0.4) is 0 Å². The molecule has 0 radical (unpaired) electrons. The van der Waals surface area contributed by atoms with Gasteiger partial charge in [0.2, 0.25) is 0 Å². The average molecular weight is 290 g/mol. The van der Waals surface area contributed by atoms with Crippen LogP contribution in [0.5, 0.6) is 0 Å². The van der Waals surface area contributed by atoms with Crippen molar-refractivity contribution >= 4 is 5.96 Å². The van der Waals surface area contributed by atoms with Gasteiger partial charge in [-0.1, -0.05) is 44.2 Å². The van der Waals surface area contributed by atoms with Gasteiger partial charge in [-0.2, -0.15) is 0 Å². The van der Waals surface area contributed by atoms with Crippen molar-refractivity contribution in [1.82, 2.24) is 15.5 Å². The van der Waals surface area contributed by atoms with Crippen molar-refractivity contribution in [3.8, 4) is 0 Å². The summed E-state index contributed by atoms with van der Waals surface area (Å²) in [6.45, 7) is 10.6. The molecule has 0 heterocycles. The summed E-state index contributed by atoms with van der Waals surface area (Å²) in [7, 11) is 1.82. The zero-order valence-corrected chi connectivity index (χ0v) is 13.9. The maximum Gasteiger partial charge on any atom is 0.191 e. The van der Waals surface area contributed by atoms with E-state index in [1.807, 2.05) is 13.1 Å². The standard InChI is InChI=1S/C17H30N4/c1-5-21(6-2)15(3)14-20-17(18-4)19-13-12-16-10-8-7-9-11-16/h7-11,15H,5-6,12-14H2,1-4H3,(H2,18,19,20). The first kappa shape index (κ1) is 17.5. The summed E-state index contributed by atoms with van der Waals surface area (Å²) in [5, 5.41) is 6.77. The van der Waals surface area contributed by atoms with Gasteiger partial charge in [-0.3, -0.25) is 9.89 Å². The monoisotopic (exact) mass is 290 g/mol. The number of aliphatic imine (C=N–C) groups is 1. The van der Waals surface area contributed by atoms with E-state index in [2.05, 4.69) is 65.6 Å². The molecule has 0 saturated heterocycles. The first-order valence-corrected chi connectivity index (χ1v) is 7.93. The summed E-state index contributed by atoms with van der Waals surface area (Å²) in [5.41, 5.74) is 1.34. The minimum Gasteiger partial charge on any atom is -0.356 e. The summed E-state index contributed by atoms with van der Waals surface area (Å²) in [4.78, 5) is 6.71. The van der Waals surface area contributed by atoms with E-state index in [-0.39, 0.29) is 0 Å². The first-order chi connectivity index (χ1) is 10.2. The molecule has 0 aliphatic heterocycles. The number of nitrogens with one attached hydrogen (secondary N) is 2. The van der Waals surface area contributed by atoms with Gasteiger partial charge in [0.05, 0.1) is 0 Å². The molecular weight excluding hydrogens is 260 g/mol. The highest BCUT2D eigenvalue weighted by Gasteiger charge is 2.10. The van der Waals surface area contributed by atoms with Crippen molar-refractivity contribution in [1.29, 1.82) is 0 Å². The van der Waals surface area contributed by atoms with Crippen molar-refractivity contribution in [2.45, 2.75) is 33.2 Å². The highest BCUT2D eigenvalue weighted by Crippen LogP contribution is 1.98. The van der Waals surface area contributed by atoms with E-state index in [9.17, 15) is 0 Å². The molecular formula is C17H30N4. The molecule has 0 saturated carbocycles. The van der Waals surface area contributed by atoms with Gasteiger partial charge >= 0.3 is 0 Å². The van der Waals surface area contributed by atoms with Crippen LogP contribution in [0.4, 0.5) is 0 Å². The topological polar surface area (TPSA) is 39.7 Å². The third-order valence-electron chi connectivity index (χ3n) is 3.77. The zero-order valence-electron chi connectivity index (χ0n) is 13.9. The molecule has 1 aromatic carbocycles. The van der Waals surface area contributed by atoms with Crippen LogP contribution < -0.4 is 10.6 Å². The number of rotatable bonds is 8. The van der Waals surface area contributed by atoms with Gasteiger partial charge in [0, 0.05) is 26.2 Å². The van der Waals surface area contributed by atoms with Crippen molar-refractivity contribution < 1.29 is 0 Å². The summed E-state index contributed by atoms with van der Waals surface area (Å²) < 4.78 is 0. The lowest BCUT2D eigenvalue weighted by molar-refractivity contribution is 0.231. The Morgan fingerprint density at radius 3 is 2.38 bits per heavy atom. The van der Waals surface area contributed by atoms with E-state index in [0.717, 1.165) is 38.6 Å². The normalized spacial score (nSPS) is 13.3. The predicted octanol–water partition coefficient (Wildman–Crippen LogP) is 2.12. The van der Waals surface area contributed by atoms with E-state index in [4.69, 9.17) is 0 Å². The summed E-state index contributed by atoms with van der Waals surface area (Å²) >= 11 is 0. The number of guanidine groups is 1. The largest absolute Gasteiger partial charge is 0.356 e. The Morgan fingerprint density at radius 2 is 1.81 bits per heavy atom. The molecule has 118 valence electrons. The van der Waals surface area contributed by atoms with E-state index in [1.54, 1.807) is 0 Å². The Kier molecular flexibility index (Phi) is 8.51. The van der Waals surface area contributed by atoms with Gasteiger partial charge in [-0.25, -0.2) is 0 Å². The number of hydrogen-bond donors (Lipinski definition) is 2. The highest BCUT2D eigenvalue weighted by molar-refractivity contribution is 5.79. The second-order valence-electron chi connectivity index (χ2n) is 5.19. The lowest BCUT2D eigenvalue weighted by Crippen LogP contribution is -2.46. The molecule has 4 nitrogen and oxygen atoms in total. The van der Waals surface area contributed by atoms with Crippen LogP contribution in [-0.2, 0) is 6.42 Å². The van der Waals surface area contributed by atoms with Crippen LogP contribution in [0, 0.1) is 0 Å². The fraction of sp³-hybridized carbons (Fsp3) is 0.588. The van der Waals surface area contributed by atoms with Crippen LogP contribution >= 0.6 is 0 Å². The van der Waals surface area contributed by atoms with Crippen molar-refractivity contribution in [3.05, 3.63) is 35.9 Å². The molecule has 0 spiro atoms. The van der Waals surface area contributed by atoms with Crippen molar-refractivity contribution in [3.63, 3.8) is 0 Å². The van der Waals surface area contributed by atoms with Crippen LogP contribution in [0.1, 0.15) is 26.3 Å². The Hall–Kier alpha value is -1.55. The molecule has 4 heteroatoms. The third kappa shape index (κ3) is 6.63. The SMILES string of the molecule is CCN(CC)C(C)CNC(=NC)NCCc1ccccc1. The van der Waals surface area contributed by atoms with E-state index < -0.39 is 0 Å². The molecule has 0 aromatic heterocycles. The zero-order chi connectivity index (χ0) is 15.5. The van der Waals surface area contributed by atoms with Crippen LogP contribution in [-0.4, -0.2) is 50.1 Å². The molecule has 1 atom stereocenters. The van der Waals surface area contributed by atoms with Crippen molar-refractivity contribution in [2.75, 3.05) is 33.2 Å². The lowest BCUT2D eigenvalue weighted by atomic mass is 10.1. The van der Waals surface area contributed by atoms with Crippen molar-refractivity contribution in [2.24, 2.45) is 4.99 Å². The third-order valence-corrected chi connectivity index (χ3v) is 3.77. The van der Waals surface area contributed by atoms with E-state index in [1.165, 1.54) is 5.56 Å². The summed E-state index contributed by atoms with van der Waals surface area (Å²) in [6.07, 6.45) is 1.01. The molecule has 1 unspecified atom stereocenters. The average Bonchev–Trinajstić information content (AvgIpc) is 2.52. The van der Waals surface area contributed by atoms with Gasteiger partial charge in [-0.05, 0) is 32.0 Å². The fourth-order valence-electron chi connectivity index (χ4n) is 2.41. The van der Waals surface area contributed by atoms with Crippen LogP contribution in [0.25, 0.3) is 0 Å². The second-order valence-corrected chi connectivity index (χ2v) is 5.19. The van der Waals surface area contributed by atoms with E-state index in [0.29, 0.717) is 6.04 Å². The second kappa shape index (κ2) is 10.2. The fourth-order valence-corrected chi connectivity index (χ4v) is 2.41. The summed E-state index contributed by atoms with van der Waals surface area (Å²) in [6, 6.07) is 11.0. The minimum atomic E-state index is 0.507. The molecule has 0 aliphatic rings. The molecule has 0 bridgehead atoms. The minimum absolute atomic E-state index is 0.507. The Morgan fingerprint density at radius 1 is 1.14 bits per heavy atom. The van der Waals surface area contributed by atoms with Gasteiger partial charge in [0.15, 0.2) is 5.96 Å². The van der Waals surface area contributed by atoms with E-state index >= 15 is 0 Å². The molecule has 1 aromatic rings. The quantitative estimate of drug-likeness (QED) is 0.569. The van der Waals surface area contributed by atoms with Crippen LogP contribution in [0.2, 0.25) is 0 Å². The summed E-state index contributed by atoms with van der Waals surface area (Å²) in [5.74, 6) is 0.880. The number of benzene rings is 1. The van der Waals surface area contributed by atoms with Crippen LogP contribution in [0.15, 0.2) is 35.3 Å². The van der Waals surface area contributed by atoms with Gasteiger partial charge < -0.3 is 10.6 Å². The Labute approximate surface area is 129 Å². The maximum absolute atomic E-state index is 4.28. The molecule has 1 rings (SSSR count). The molecule has 0 fully saturated rings. The molecule has 0 amide bonds. The Balaban J connectivity index is 2.29. The van der Waals surface area contributed by atoms with Gasteiger partial charge in [0.25, 0.3) is 0 Å². The maximum atomic E-state index is 4.28. The highest BCUT2D eigenvalue weighted by atomic mass is 15.2. The van der Waals surface area contributed by atoms with Gasteiger partial charge in [-0.15, -0.1) is 0 Å². The number of hydrogen-bond acceptors (Lipinski definition) is 2. The van der Waals surface area contributed by atoms with Gasteiger partial charge in [0.1, 0.15) is 0 Å².